The maximum Gasteiger partial charge on any atom is 0.225 e. The Morgan fingerprint density at radius 3 is 3.00 bits per heavy atom. The molecule has 0 saturated carbocycles. The number of hydrogen-bond donors (Lipinski definition) is 1. The van der Waals surface area contributed by atoms with E-state index in [0.717, 1.165) is 31.6 Å². The molecule has 0 aliphatic carbocycles. The Labute approximate surface area is 107 Å². The van der Waals surface area contributed by atoms with E-state index in [0.29, 0.717) is 5.95 Å². The van der Waals surface area contributed by atoms with Crippen LogP contribution in [-0.2, 0) is 4.79 Å². The van der Waals surface area contributed by atoms with E-state index in [4.69, 9.17) is 5.73 Å². The summed E-state index contributed by atoms with van der Waals surface area (Å²) >= 11 is 0. The van der Waals surface area contributed by atoms with Crippen LogP contribution in [0, 0.1) is 5.92 Å². The molecular weight excluding hydrogens is 228 g/mol. The van der Waals surface area contributed by atoms with E-state index in [2.05, 4.69) is 9.97 Å². The van der Waals surface area contributed by atoms with E-state index in [-0.39, 0.29) is 17.7 Å². The average Bonchev–Trinajstić information content (AvgIpc) is 2.38. The van der Waals surface area contributed by atoms with Gasteiger partial charge < -0.3 is 10.6 Å². The predicted octanol–water partition coefficient (Wildman–Crippen LogP) is 1.42. The molecule has 1 aromatic rings. The third-order valence-electron chi connectivity index (χ3n) is 3.34. The molecule has 1 aliphatic heterocycles. The molecule has 0 unspecified atom stereocenters. The van der Waals surface area contributed by atoms with E-state index in [1.807, 2.05) is 24.8 Å². The van der Waals surface area contributed by atoms with Crippen molar-refractivity contribution in [1.82, 2.24) is 14.9 Å². The lowest BCUT2D eigenvalue weighted by molar-refractivity contribution is -0.135. The smallest absolute Gasteiger partial charge is 0.225 e. The van der Waals surface area contributed by atoms with Crippen molar-refractivity contribution in [2.45, 2.75) is 32.6 Å². The van der Waals surface area contributed by atoms with Crippen molar-refractivity contribution in [3.8, 4) is 0 Å². The van der Waals surface area contributed by atoms with Crippen LogP contribution in [-0.4, -0.2) is 33.9 Å². The SMILES string of the molecule is CC(C)C(=O)N1CCC[C@H](c2ccnc(N)n2)C1. The fourth-order valence-electron chi connectivity index (χ4n) is 2.40. The minimum absolute atomic E-state index is 0.0548. The number of carbonyl (C=O) groups is 1. The second-order valence-corrected chi connectivity index (χ2v) is 5.12. The van der Waals surface area contributed by atoms with Crippen LogP contribution in [0.15, 0.2) is 12.3 Å². The molecule has 0 spiro atoms. The van der Waals surface area contributed by atoms with Crippen molar-refractivity contribution < 1.29 is 4.79 Å². The van der Waals surface area contributed by atoms with Crippen LogP contribution < -0.4 is 5.73 Å². The first-order valence-electron chi connectivity index (χ1n) is 6.45. The van der Waals surface area contributed by atoms with Crippen molar-refractivity contribution in [1.29, 1.82) is 0 Å². The molecule has 0 aromatic carbocycles. The van der Waals surface area contributed by atoms with Gasteiger partial charge in [-0.15, -0.1) is 0 Å². The second-order valence-electron chi connectivity index (χ2n) is 5.12. The zero-order valence-electron chi connectivity index (χ0n) is 11.0. The van der Waals surface area contributed by atoms with Crippen LogP contribution in [0.4, 0.5) is 5.95 Å². The van der Waals surface area contributed by atoms with Crippen LogP contribution >= 0.6 is 0 Å². The summed E-state index contributed by atoms with van der Waals surface area (Å²) in [5, 5.41) is 0. The first-order chi connectivity index (χ1) is 8.58. The molecule has 0 radical (unpaired) electrons. The molecule has 2 N–H and O–H groups in total. The standard InChI is InChI=1S/C13H20N4O/c1-9(2)12(18)17-7-3-4-10(8-17)11-5-6-15-13(14)16-11/h5-6,9-10H,3-4,7-8H2,1-2H3,(H2,14,15,16)/t10-/m0/s1. The molecule has 1 saturated heterocycles. The van der Waals surface area contributed by atoms with E-state index in [1.165, 1.54) is 0 Å². The van der Waals surface area contributed by atoms with E-state index >= 15 is 0 Å². The lowest BCUT2D eigenvalue weighted by atomic mass is 9.94. The van der Waals surface area contributed by atoms with Gasteiger partial charge in [-0.2, -0.15) is 0 Å². The molecule has 2 rings (SSSR count). The topological polar surface area (TPSA) is 72.1 Å². The quantitative estimate of drug-likeness (QED) is 0.859. The van der Waals surface area contributed by atoms with Crippen LogP contribution in [0.3, 0.4) is 0 Å². The molecule has 0 bridgehead atoms. The summed E-state index contributed by atoms with van der Waals surface area (Å²) in [5.41, 5.74) is 6.55. The van der Waals surface area contributed by atoms with Crippen LogP contribution in [0.2, 0.25) is 0 Å². The van der Waals surface area contributed by atoms with Gasteiger partial charge in [0.15, 0.2) is 0 Å². The summed E-state index contributed by atoms with van der Waals surface area (Å²) in [6, 6.07) is 1.89. The summed E-state index contributed by atoms with van der Waals surface area (Å²) in [4.78, 5) is 22.1. The molecule has 5 heteroatoms. The summed E-state index contributed by atoms with van der Waals surface area (Å²) in [6.07, 6.45) is 3.76. The van der Waals surface area contributed by atoms with Gasteiger partial charge in [-0.3, -0.25) is 4.79 Å². The van der Waals surface area contributed by atoms with E-state index < -0.39 is 0 Å². The maximum absolute atomic E-state index is 12.0. The fraction of sp³-hybridized carbons (Fsp3) is 0.615. The Balaban J connectivity index is 2.09. The van der Waals surface area contributed by atoms with Crippen molar-refractivity contribution >= 4 is 11.9 Å². The molecule has 1 aliphatic rings. The van der Waals surface area contributed by atoms with Gasteiger partial charge in [0, 0.05) is 31.1 Å². The van der Waals surface area contributed by atoms with Gasteiger partial charge in [-0.25, -0.2) is 9.97 Å². The summed E-state index contributed by atoms with van der Waals surface area (Å²) in [5.74, 6) is 0.868. The summed E-state index contributed by atoms with van der Waals surface area (Å²) < 4.78 is 0. The van der Waals surface area contributed by atoms with Crippen LogP contribution in [0.25, 0.3) is 0 Å². The number of rotatable bonds is 2. The number of nitrogens with zero attached hydrogens (tertiary/aromatic N) is 3. The normalized spacial score (nSPS) is 20.2. The minimum Gasteiger partial charge on any atom is -0.368 e. The van der Waals surface area contributed by atoms with Crippen molar-refractivity contribution in [3.05, 3.63) is 18.0 Å². The summed E-state index contributed by atoms with van der Waals surface area (Å²) in [7, 11) is 0. The monoisotopic (exact) mass is 248 g/mol. The third-order valence-corrected chi connectivity index (χ3v) is 3.34. The van der Waals surface area contributed by atoms with Crippen LogP contribution in [0.1, 0.15) is 38.3 Å². The van der Waals surface area contributed by atoms with Gasteiger partial charge in [0.05, 0.1) is 5.69 Å². The second kappa shape index (κ2) is 5.33. The largest absolute Gasteiger partial charge is 0.368 e. The highest BCUT2D eigenvalue weighted by Gasteiger charge is 2.26. The van der Waals surface area contributed by atoms with Gasteiger partial charge in [-0.05, 0) is 18.9 Å². The van der Waals surface area contributed by atoms with Gasteiger partial charge in [0.1, 0.15) is 0 Å². The first kappa shape index (κ1) is 12.8. The highest BCUT2D eigenvalue weighted by Crippen LogP contribution is 2.26. The van der Waals surface area contributed by atoms with E-state index in [9.17, 15) is 4.79 Å². The number of anilines is 1. The van der Waals surface area contributed by atoms with Gasteiger partial charge >= 0.3 is 0 Å². The number of nitrogen functional groups attached to an aromatic ring is 1. The lowest BCUT2D eigenvalue weighted by Crippen LogP contribution is -2.41. The molecule has 98 valence electrons. The van der Waals surface area contributed by atoms with Crippen molar-refractivity contribution in [2.75, 3.05) is 18.8 Å². The third kappa shape index (κ3) is 2.78. The Kier molecular flexibility index (Phi) is 3.79. The highest BCUT2D eigenvalue weighted by atomic mass is 16.2. The molecule has 1 amide bonds. The number of likely N-dealkylation sites (tertiary alicyclic amines) is 1. The van der Waals surface area contributed by atoms with Crippen molar-refractivity contribution in [2.24, 2.45) is 5.92 Å². The zero-order valence-corrected chi connectivity index (χ0v) is 11.0. The molecular formula is C13H20N4O. The van der Waals surface area contributed by atoms with Gasteiger partial charge in [-0.1, -0.05) is 13.8 Å². The average molecular weight is 248 g/mol. The number of piperidine rings is 1. The predicted molar refractivity (Wildman–Crippen MR) is 69.8 cm³/mol. The minimum atomic E-state index is 0.0548. The Morgan fingerprint density at radius 2 is 2.33 bits per heavy atom. The number of amides is 1. The number of carbonyl (C=O) groups excluding carboxylic acids is 1. The number of hydrogen-bond acceptors (Lipinski definition) is 4. The first-order valence-corrected chi connectivity index (χ1v) is 6.45. The molecule has 1 fully saturated rings. The molecule has 18 heavy (non-hydrogen) atoms. The van der Waals surface area contributed by atoms with Gasteiger partial charge in [0.25, 0.3) is 0 Å². The number of nitrogens with two attached hydrogens (primary N) is 1. The number of aromatic nitrogens is 2. The van der Waals surface area contributed by atoms with Gasteiger partial charge in [0.2, 0.25) is 11.9 Å². The molecule has 1 aromatic heterocycles. The maximum atomic E-state index is 12.0. The summed E-state index contributed by atoms with van der Waals surface area (Å²) in [6.45, 7) is 5.48. The van der Waals surface area contributed by atoms with Crippen molar-refractivity contribution in [3.63, 3.8) is 0 Å². The highest BCUT2D eigenvalue weighted by molar-refractivity contribution is 5.78. The fourth-order valence-corrected chi connectivity index (χ4v) is 2.40. The zero-order chi connectivity index (χ0) is 13.1. The lowest BCUT2D eigenvalue weighted by Gasteiger charge is -2.33. The Morgan fingerprint density at radius 1 is 1.56 bits per heavy atom. The van der Waals surface area contributed by atoms with Crippen LogP contribution in [0.5, 0.6) is 0 Å². The molecule has 5 nitrogen and oxygen atoms in total. The molecule has 2 heterocycles. The molecule has 1 atom stereocenters. The Bertz CT molecular complexity index is 433. The Hall–Kier alpha value is -1.65. The van der Waals surface area contributed by atoms with E-state index in [1.54, 1.807) is 6.20 Å².